The van der Waals surface area contributed by atoms with Gasteiger partial charge in [0.25, 0.3) is 0 Å². The fraction of sp³-hybridized carbons (Fsp3) is 0.727. The van der Waals surface area contributed by atoms with E-state index < -0.39 is 0 Å². The van der Waals surface area contributed by atoms with Crippen LogP contribution >= 0.6 is 0 Å². The molecule has 4 heteroatoms. The molecule has 1 aliphatic rings. The Hall–Kier alpha value is -1.03. The highest BCUT2D eigenvalue weighted by atomic mass is 16.7. The van der Waals surface area contributed by atoms with Crippen LogP contribution in [0.15, 0.2) is 11.3 Å². The van der Waals surface area contributed by atoms with Crippen molar-refractivity contribution >= 4 is 5.97 Å². The summed E-state index contributed by atoms with van der Waals surface area (Å²) in [5, 5.41) is 0. The Morgan fingerprint density at radius 3 is 2.60 bits per heavy atom. The molecule has 1 heterocycles. The van der Waals surface area contributed by atoms with Crippen molar-refractivity contribution in [3.05, 3.63) is 11.3 Å². The smallest absolute Gasteiger partial charge is 0.337 e. The van der Waals surface area contributed by atoms with Crippen LogP contribution in [0.5, 0.6) is 0 Å². The number of allylic oxidation sites excluding steroid dienone is 1. The monoisotopic (exact) mass is 214 g/mol. The number of rotatable bonds is 4. The normalized spacial score (nSPS) is 25.3. The Balaban J connectivity index is 2.71. The van der Waals surface area contributed by atoms with E-state index in [1.54, 1.807) is 13.8 Å². The Kier molecular flexibility index (Phi) is 4.15. The standard InChI is InChI=1S/C11H18O4/c1-5-13-10(12)9-7(3)11(14-6-2)15-8(9)4/h7,11H,5-6H2,1-4H3. The molecule has 1 aliphatic heterocycles. The van der Waals surface area contributed by atoms with Gasteiger partial charge in [0.2, 0.25) is 6.29 Å². The van der Waals surface area contributed by atoms with Crippen molar-refractivity contribution in [1.29, 1.82) is 0 Å². The van der Waals surface area contributed by atoms with Gasteiger partial charge in [-0.3, -0.25) is 0 Å². The Morgan fingerprint density at radius 1 is 1.40 bits per heavy atom. The van der Waals surface area contributed by atoms with Crippen LogP contribution in [0.3, 0.4) is 0 Å². The molecule has 0 bridgehead atoms. The van der Waals surface area contributed by atoms with Crippen molar-refractivity contribution in [2.24, 2.45) is 5.92 Å². The first-order chi connectivity index (χ1) is 7.11. The Labute approximate surface area is 90.2 Å². The number of hydrogen-bond donors (Lipinski definition) is 0. The third-order valence-electron chi connectivity index (χ3n) is 2.36. The minimum atomic E-state index is -0.352. The van der Waals surface area contributed by atoms with Gasteiger partial charge in [-0.15, -0.1) is 0 Å². The van der Waals surface area contributed by atoms with Crippen molar-refractivity contribution in [2.45, 2.75) is 34.0 Å². The zero-order chi connectivity index (χ0) is 11.4. The summed E-state index contributed by atoms with van der Waals surface area (Å²) < 4.78 is 15.8. The van der Waals surface area contributed by atoms with Crippen LogP contribution < -0.4 is 0 Å². The maximum atomic E-state index is 11.6. The SMILES string of the molecule is CCOC(=O)C1=C(C)OC(OCC)C1C. The highest BCUT2D eigenvalue weighted by molar-refractivity contribution is 5.90. The van der Waals surface area contributed by atoms with E-state index in [-0.39, 0.29) is 18.2 Å². The van der Waals surface area contributed by atoms with Crippen LogP contribution in [-0.2, 0) is 19.0 Å². The van der Waals surface area contributed by atoms with E-state index in [0.29, 0.717) is 24.5 Å². The molecule has 0 aliphatic carbocycles. The predicted molar refractivity (Wildman–Crippen MR) is 55.0 cm³/mol. The first-order valence-corrected chi connectivity index (χ1v) is 5.27. The minimum absolute atomic E-state index is 0.0657. The van der Waals surface area contributed by atoms with E-state index >= 15 is 0 Å². The van der Waals surface area contributed by atoms with Gasteiger partial charge in [-0.25, -0.2) is 4.79 Å². The first kappa shape index (κ1) is 12.0. The van der Waals surface area contributed by atoms with Gasteiger partial charge in [-0.2, -0.15) is 0 Å². The maximum absolute atomic E-state index is 11.6. The van der Waals surface area contributed by atoms with E-state index in [4.69, 9.17) is 14.2 Å². The number of esters is 1. The lowest BCUT2D eigenvalue weighted by Gasteiger charge is -2.16. The molecule has 86 valence electrons. The summed E-state index contributed by atoms with van der Waals surface area (Å²) in [4.78, 5) is 11.6. The van der Waals surface area contributed by atoms with E-state index in [9.17, 15) is 4.79 Å². The number of carbonyl (C=O) groups is 1. The molecule has 0 aromatic rings. The fourth-order valence-electron chi connectivity index (χ4n) is 1.68. The average Bonchev–Trinajstić information content (AvgIpc) is 2.43. The summed E-state index contributed by atoms with van der Waals surface area (Å²) in [6.45, 7) is 8.30. The zero-order valence-electron chi connectivity index (χ0n) is 9.70. The average molecular weight is 214 g/mol. The Morgan fingerprint density at radius 2 is 2.07 bits per heavy atom. The lowest BCUT2D eigenvalue weighted by molar-refractivity contribution is -0.140. The second-order valence-corrected chi connectivity index (χ2v) is 3.42. The van der Waals surface area contributed by atoms with Crippen LogP contribution in [0.4, 0.5) is 0 Å². The summed E-state index contributed by atoms with van der Waals surface area (Å²) in [5.74, 6) is 0.244. The zero-order valence-corrected chi connectivity index (χ0v) is 9.70. The molecule has 0 N–H and O–H groups in total. The fourth-order valence-corrected chi connectivity index (χ4v) is 1.68. The highest BCUT2D eigenvalue weighted by Gasteiger charge is 2.36. The molecule has 0 spiro atoms. The molecule has 2 unspecified atom stereocenters. The third-order valence-corrected chi connectivity index (χ3v) is 2.36. The van der Waals surface area contributed by atoms with Crippen LogP contribution in [0.25, 0.3) is 0 Å². The van der Waals surface area contributed by atoms with Crippen LogP contribution in [0.2, 0.25) is 0 Å². The lowest BCUT2D eigenvalue weighted by Crippen LogP contribution is -2.22. The highest BCUT2D eigenvalue weighted by Crippen LogP contribution is 2.32. The largest absolute Gasteiger partial charge is 0.468 e. The molecule has 0 aromatic carbocycles. The topological polar surface area (TPSA) is 44.8 Å². The second kappa shape index (κ2) is 5.16. The van der Waals surface area contributed by atoms with E-state index in [1.807, 2.05) is 13.8 Å². The van der Waals surface area contributed by atoms with Crippen LogP contribution in [0.1, 0.15) is 27.7 Å². The van der Waals surface area contributed by atoms with Crippen molar-refractivity contribution in [2.75, 3.05) is 13.2 Å². The van der Waals surface area contributed by atoms with Gasteiger partial charge >= 0.3 is 5.97 Å². The summed E-state index contributed by atoms with van der Waals surface area (Å²) in [6, 6.07) is 0. The molecule has 4 nitrogen and oxygen atoms in total. The van der Waals surface area contributed by atoms with E-state index in [0.717, 1.165) is 0 Å². The molecule has 0 fully saturated rings. The van der Waals surface area contributed by atoms with Gasteiger partial charge in [0.05, 0.1) is 18.1 Å². The van der Waals surface area contributed by atoms with E-state index in [2.05, 4.69) is 0 Å². The molecule has 15 heavy (non-hydrogen) atoms. The molecule has 0 saturated carbocycles. The minimum Gasteiger partial charge on any atom is -0.468 e. The van der Waals surface area contributed by atoms with Gasteiger partial charge in [0.1, 0.15) is 5.76 Å². The van der Waals surface area contributed by atoms with E-state index in [1.165, 1.54) is 0 Å². The van der Waals surface area contributed by atoms with Crippen LogP contribution in [-0.4, -0.2) is 25.5 Å². The number of hydrogen-bond acceptors (Lipinski definition) is 4. The molecule has 0 saturated heterocycles. The van der Waals surface area contributed by atoms with Gasteiger partial charge in [0.15, 0.2) is 0 Å². The molecule has 0 amide bonds. The quantitative estimate of drug-likeness (QED) is 0.670. The number of ether oxygens (including phenoxy) is 3. The molecule has 1 rings (SSSR count). The molecular formula is C11H18O4. The molecule has 2 atom stereocenters. The molecule has 0 aromatic heterocycles. The first-order valence-electron chi connectivity index (χ1n) is 5.27. The van der Waals surface area contributed by atoms with Crippen molar-refractivity contribution in [3.8, 4) is 0 Å². The van der Waals surface area contributed by atoms with Crippen LogP contribution in [0, 0.1) is 5.92 Å². The summed E-state index contributed by atoms with van der Waals surface area (Å²) in [6.07, 6.45) is -0.352. The third kappa shape index (κ3) is 2.50. The maximum Gasteiger partial charge on any atom is 0.337 e. The van der Waals surface area contributed by atoms with Gasteiger partial charge in [-0.1, -0.05) is 6.92 Å². The summed E-state index contributed by atoms with van der Waals surface area (Å²) >= 11 is 0. The predicted octanol–water partition coefficient (Wildman–Crippen LogP) is 1.85. The van der Waals surface area contributed by atoms with Gasteiger partial charge in [0, 0.05) is 6.61 Å². The van der Waals surface area contributed by atoms with Crippen molar-refractivity contribution < 1.29 is 19.0 Å². The molecule has 0 radical (unpaired) electrons. The summed E-state index contributed by atoms with van der Waals surface area (Å²) in [5.41, 5.74) is 0.593. The van der Waals surface area contributed by atoms with Gasteiger partial charge < -0.3 is 14.2 Å². The van der Waals surface area contributed by atoms with Crippen molar-refractivity contribution in [3.63, 3.8) is 0 Å². The second-order valence-electron chi connectivity index (χ2n) is 3.42. The van der Waals surface area contributed by atoms with Gasteiger partial charge in [-0.05, 0) is 20.8 Å². The van der Waals surface area contributed by atoms with Crippen molar-refractivity contribution in [1.82, 2.24) is 0 Å². The number of carbonyl (C=O) groups excluding carboxylic acids is 1. The molecular weight excluding hydrogens is 196 g/mol. The summed E-state index contributed by atoms with van der Waals surface area (Å²) in [7, 11) is 0. The Bertz CT molecular complexity index is 270. The lowest BCUT2D eigenvalue weighted by atomic mass is 10.0.